The minimum Gasteiger partial charge on any atom is -0.496 e. The van der Waals surface area contributed by atoms with E-state index >= 15 is 0 Å². The summed E-state index contributed by atoms with van der Waals surface area (Å²) in [6.45, 7) is 6.71. The molecule has 1 atom stereocenters. The van der Waals surface area contributed by atoms with Gasteiger partial charge in [0.05, 0.1) is 19.1 Å². The average Bonchev–Trinajstić information content (AvgIpc) is 2.67. The smallest absolute Gasteiger partial charge is 0.425 e. The molecule has 2 rings (SSSR count). The largest absolute Gasteiger partial charge is 0.496 e. The second-order valence-corrected chi connectivity index (χ2v) is 7.46. The molecule has 2 aromatic carbocycles. The van der Waals surface area contributed by atoms with Gasteiger partial charge in [-0.1, -0.05) is 12.1 Å². The molecule has 164 valence electrons. The lowest BCUT2D eigenvalue weighted by molar-refractivity contribution is -0.249. The van der Waals surface area contributed by atoms with Crippen LogP contribution in [0.25, 0.3) is 0 Å². The van der Waals surface area contributed by atoms with Crippen molar-refractivity contribution in [3.05, 3.63) is 58.4 Å². The van der Waals surface area contributed by atoms with Crippen LogP contribution in [-0.4, -0.2) is 42.7 Å². The van der Waals surface area contributed by atoms with E-state index in [1.165, 1.54) is 26.2 Å². The molecule has 0 heterocycles. The number of aliphatic hydroxyl groups is 1. The summed E-state index contributed by atoms with van der Waals surface area (Å²) in [6.07, 6.45) is -3.56. The van der Waals surface area contributed by atoms with Crippen molar-refractivity contribution in [3.8, 4) is 5.75 Å². The summed E-state index contributed by atoms with van der Waals surface area (Å²) in [5, 5.41) is 11.0. The summed E-state index contributed by atoms with van der Waals surface area (Å²) in [5.41, 5.74) is -4.09. The van der Waals surface area contributed by atoms with Gasteiger partial charge in [0.1, 0.15) is 11.6 Å². The first kappa shape index (κ1) is 23.7. The maximum absolute atomic E-state index is 14.2. The highest BCUT2D eigenvalue weighted by molar-refractivity contribution is 5.66. The van der Waals surface area contributed by atoms with Crippen molar-refractivity contribution in [1.29, 1.82) is 0 Å². The van der Waals surface area contributed by atoms with Crippen LogP contribution in [0.15, 0.2) is 35.3 Å². The van der Waals surface area contributed by atoms with E-state index in [-0.39, 0.29) is 17.4 Å². The molecule has 4 nitrogen and oxygen atoms in total. The lowest BCUT2D eigenvalue weighted by atomic mass is 9.81. The predicted octanol–water partition coefficient (Wildman–Crippen LogP) is 5.25. The van der Waals surface area contributed by atoms with Gasteiger partial charge in [0, 0.05) is 30.3 Å². The van der Waals surface area contributed by atoms with Crippen LogP contribution in [0.5, 0.6) is 5.75 Å². The van der Waals surface area contributed by atoms with Crippen LogP contribution in [0.1, 0.15) is 36.1 Å². The van der Waals surface area contributed by atoms with Gasteiger partial charge in [0.15, 0.2) is 0 Å². The Morgan fingerprint density at radius 2 is 1.77 bits per heavy atom. The number of methoxy groups -OCH3 is 1. The maximum Gasteiger partial charge on any atom is 0.425 e. The molecule has 0 aliphatic rings. The molecular formula is C22H26F4N2O2. The number of ether oxygens (including phenoxy) is 1. The molecule has 0 aliphatic carbocycles. The molecule has 0 bridgehead atoms. The van der Waals surface area contributed by atoms with Crippen LogP contribution in [0.4, 0.5) is 23.2 Å². The monoisotopic (exact) mass is 426 g/mol. The SMILES string of the molecule is COc1cc(/N=C/N(C)C(C)C)c(C)cc1C(O)(c1cccc(F)c1C)C(F)(F)F. The molecule has 0 aliphatic heterocycles. The summed E-state index contributed by atoms with van der Waals surface area (Å²) >= 11 is 0. The van der Waals surface area contributed by atoms with E-state index in [1.54, 1.807) is 13.3 Å². The number of nitrogens with zero attached hydrogens (tertiary/aromatic N) is 2. The molecule has 30 heavy (non-hydrogen) atoms. The molecule has 8 heteroatoms. The molecule has 0 spiro atoms. The maximum atomic E-state index is 14.2. The van der Waals surface area contributed by atoms with E-state index in [0.717, 1.165) is 18.2 Å². The second kappa shape index (κ2) is 8.63. The standard InChI is InChI=1S/C22H26F4N2O2/c1-13(2)28(5)12-27-19-11-20(30-6)17(10-14(19)3)21(29,22(24,25)26)16-8-7-9-18(23)15(16)4/h7-13,29H,1-6H3/b27-12+. The van der Waals surface area contributed by atoms with Gasteiger partial charge in [-0.2, -0.15) is 13.2 Å². The third-order valence-electron chi connectivity index (χ3n) is 5.17. The van der Waals surface area contributed by atoms with E-state index in [4.69, 9.17) is 4.74 Å². The number of aryl methyl sites for hydroxylation is 1. The van der Waals surface area contributed by atoms with Crippen LogP contribution in [-0.2, 0) is 5.60 Å². The van der Waals surface area contributed by atoms with Crippen molar-refractivity contribution in [1.82, 2.24) is 4.90 Å². The van der Waals surface area contributed by atoms with Crippen LogP contribution in [0.2, 0.25) is 0 Å². The second-order valence-electron chi connectivity index (χ2n) is 7.46. The average molecular weight is 426 g/mol. The van der Waals surface area contributed by atoms with Crippen molar-refractivity contribution >= 4 is 12.0 Å². The zero-order valence-corrected chi connectivity index (χ0v) is 17.8. The summed E-state index contributed by atoms with van der Waals surface area (Å²) in [5.74, 6) is -1.05. The molecule has 0 radical (unpaired) electrons. The van der Waals surface area contributed by atoms with E-state index in [1.807, 2.05) is 25.8 Å². The van der Waals surface area contributed by atoms with Gasteiger partial charge in [-0.15, -0.1) is 0 Å². The minimum absolute atomic E-state index is 0.182. The van der Waals surface area contributed by atoms with Crippen LogP contribution in [0, 0.1) is 19.7 Å². The Morgan fingerprint density at radius 1 is 1.13 bits per heavy atom. The molecule has 1 unspecified atom stereocenters. The van der Waals surface area contributed by atoms with E-state index in [9.17, 15) is 22.7 Å². The van der Waals surface area contributed by atoms with E-state index in [2.05, 4.69) is 4.99 Å². The fraction of sp³-hybridized carbons (Fsp3) is 0.409. The Hall–Kier alpha value is -2.61. The number of aliphatic imine (C=N–C) groups is 1. The number of hydrogen-bond donors (Lipinski definition) is 1. The third-order valence-corrected chi connectivity index (χ3v) is 5.17. The van der Waals surface area contributed by atoms with Gasteiger partial charge in [0.25, 0.3) is 0 Å². The van der Waals surface area contributed by atoms with Gasteiger partial charge >= 0.3 is 6.18 Å². The summed E-state index contributed by atoms with van der Waals surface area (Å²) in [7, 11) is 3.03. The molecule has 2 aromatic rings. The number of benzene rings is 2. The lowest BCUT2D eigenvalue weighted by Gasteiger charge is -2.34. The van der Waals surface area contributed by atoms with Gasteiger partial charge in [0.2, 0.25) is 5.60 Å². The molecule has 1 N–H and O–H groups in total. The van der Waals surface area contributed by atoms with Crippen LogP contribution < -0.4 is 4.74 Å². The number of rotatable bonds is 6. The molecular weight excluding hydrogens is 400 g/mol. The summed E-state index contributed by atoms with van der Waals surface area (Å²) < 4.78 is 61.9. The highest BCUT2D eigenvalue weighted by Crippen LogP contribution is 2.49. The Bertz CT molecular complexity index is 941. The van der Waals surface area contributed by atoms with E-state index < -0.39 is 28.7 Å². The predicted molar refractivity (Wildman–Crippen MR) is 109 cm³/mol. The fourth-order valence-electron chi connectivity index (χ4n) is 3.00. The normalized spacial score (nSPS) is 14.3. The van der Waals surface area contributed by atoms with Gasteiger partial charge in [-0.05, 0) is 51.0 Å². The highest BCUT2D eigenvalue weighted by atomic mass is 19.4. The Kier molecular flexibility index (Phi) is 6.81. The molecule has 0 aromatic heterocycles. The van der Waals surface area contributed by atoms with Gasteiger partial charge in [-0.25, -0.2) is 9.38 Å². The first-order valence-electron chi connectivity index (χ1n) is 9.34. The zero-order chi connectivity index (χ0) is 22.9. The van der Waals surface area contributed by atoms with Gasteiger partial charge < -0.3 is 14.7 Å². The van der Waals surface area contributed by atoms with Crippen molar-refractivity contribution in [3.63, 3.8) is 0 Å². The summed E-state index contributed by atoms with van der Waals surface area (Å²) in [4.78, 5) is 6.16. The first-order valence-corrected chi connectivity index (χ1v) is 9.34. The van der Waals surface area contributed by atoms with Crippen molar-refractivity contribution in [2.75, 3.05) is 14.2 Å². The number of hydrogen-bond acceptors (Lipinski definition) is 3. The van der Waals surface area contributed by atoms with Crippen molar-refractivity contribution in [2.45, 2.75) is 45.5 Å². The zero-order valence-electron chi connectivity index (χ0n) is 17.8. The number of halogens is 4. The lowest BCUT2D eigenvalue weighted by Crippen LogP contribution is -2.44. The molecule has 0 saturated heterocycles. The molecule has 0 fully saturated rings. The number of alkyl halides is 3. The Balaban J connectivity index is 2.75. The highest BCUT2D eigenvalue weighted by Gasteiger charge is 2.58. The fourth-order valence-corrected chi connectivity index (χ4v) is 3.00. The summed E-state index contributed by atoms with van der Waals surface area (Å²) in [6, 6.07) is 5.93. The molecule has 0 saturated carbocycles. The topological polar surface area (TPSA) is 45.1 Å². The Morgan fingerprint density at radius 3 is 2.30 bits per heavy atom. The van der Waals surface area contributed by atoms with E-state index in [0.29, 0.717) is 11.3 Å². The third kappa shape index (κ3) is 4.28. The van der Waals surface area contributed by atoms with Crippen molar-refractivity contribution in [2.24, 2.45) is 4.99 Å². The quantitative estimate of drug-likeness (QED) is 0.390. The Labute approximate surface area is 173 Å². The minimum atomic E-state index is -5.13. The molecule has 0 amide bonds. The van der Waals surface area contributed by atoms with Crippen LogP contribution in [0.3, 0.4) is 0 Å². The first-order chi connectivity index (χ1) is 13.8. The van der Waals surface area contributed by atoms with Gasteiger partial charge in [-0.3, -0.25) is 0 Å². The van der Waals surface area contributed by atoms with Crippen molar-refractivity contribution < 1.29 is 27.4 Å². The van der Waals surface area contributed by atoms with Crippen LogP contribution >= 0.6 is 0 Å².